The van der Waals surface area contributed by atoms with Crippen LogP contribution in [0.25, 0.3) is 10.6 Å². The number of amides is 2. The van der Waals surface area contributed by atoms with Crippen molar-refractivity contribution in [2.45, 2.75) is 25.2 Å². The molecule has 0 saturated carbocycles. The lowest BCUT2D eigenvalue weighted by Crippen LogP contribution is -2.44. The van der Waals surface area contributed by atoms with Crippen LogP contribution in [0.2, 0.25) is 0 Å². The normalized spacial score (nSPS) is 14.5. The van der Waals surface area contributed by atoms with Gasteiger partial charge in [0.2, 0.25) is 0 Å². The van der Waals surface area contributed by atoms with Crippen LogP contribution < -0.4 is 10.1 Å². The van der Waals surface area contributed by atoms with Gasteiger partial charge in [-0.1, -0.05) is 53.8 Å². The average molecular weight is 423 g/mol. The van der Waals surface area contributed by atoms with E-state index >= 15 is 0 Å². The molecule has 0 aliphatic carbocycles. The molecule has 30 heavy (non-hydrogen) atoms. The molecule has 4 rings (SSSR count). The van der Waals surface area contributed by atoms with Gasteiger partial charge in [0.15, 0.2) is 5.01 Å². The molecule has 6 nitrogen and oxygen atoms in total. The van der Waals surface area contributed by atoms with Crippen molar-refractivity contribution < 1.29 is 9.53 Å². The molecular weight excluding hydrogens is 396 g/mol. The maximum Gasteiger partial charge on any atom is 0.317 e. The maximum atomic E-state index is 12.5. The second-order valence-electron chi connectivity index (χ2n) is 7.37. The zero-order valence-electron chi connectivity index (χ0n) is 17.1. The summed E-state index contributed by atoms with van der Waals surface area (Å²) < 4.78 is 5.44. The molecule has 0 radical (unpaired) electrons. The van der Waals surface area contributed by atoms with Gasteiger partial charge in [-0.2, -0.15) is 0 Å². The lowest BCUT2D eigenvalue weighted by atomic mass is 9.98. The van der Waals surface area contributed by atoms with E-state index in [-0.39, 0.29) is 6.03 Å². The molecule has 1 fully saturated rings. The summed E-state index contributed by atoms with van der Waals surface area (Å²) in [4.78, 5) is 14.4. The number of likely N-dealkylation sites (tertiary alicyclic amines) is 1. The Morgan fingerprint density at radius 2 is 1.83 bits per heavy atom. The van der Waals surface area contributed by atoms with Crippen LogP contribution in [0.3, 0.4) is 0 Å². The Hall–Kier alpha value is -2.93. The number of piperidine rings is 1. The molecule has 0 unspecified atom stereocenters. The van der Waals surface area contributed by atoms with Crippen LogP contribution in [0.1, 0.15) is 29.3 Å². The number of para-hydroxylation sites is 1. The van der Waals surface area contributed by atoms with Crippen molar-refractivity contribution >= 4 is 17.4 Å². The number of urea groups is 1. The van der Waals surface area contributed by atoms with Gasteiger partial charge in [0.25, 0.3) is 0 Å². The number of aromatic nitrogens is 2. The number of nitrogens with one attached hydrogen (secondary N) is 1. The van der Waals surface area contributed by atoms with Gasteiger partial charge in [-0.15, -0.1) is 10.2 Å². The molecule has 156 valence electrons. The Morgan fingerprint density at radius 3 is 2.60 bits per heavy atom. The SMILES string of the molecule is COc1ccccc1-c1nnc(C2CCN(C(=O)NCCc3ccccc3)CC2)s1. The minimum atomic E-state index is 0.0244. The number of carbonyl (C=O) groups excluding carboxylic acids is 1. The molecule has 1 saturated heterocycles. The van der Waals surface area contributed by atoms with Gasteiger partial charge in [0.05, 0.1) is 12.7 Å². The van der Waals surface area contributed by atoms with Crippen molar-refractivity contribution in [3.8, 4) is 16.3 Å². The standard InChI is InChI=1S/C23H26N4O2S/c1-29-20-10-6-5-9-19(20)22-26-25-21(30-22)18-12-15-27(16-13-18)23(28)24-14-11-17-7-3-2-4-8-17/h2-10,18H,11-16H2,1H3,(H,24,28). The largest absolute Gasteiger partial charge is 0.496 e. The van der Waals surface area contributed by atoms with Gasteiger partial charge < -0.3 is 15.0 Å². The fourth-order valence-electron chi connectivity index (χ4n) is 3.73. The third-order valence-corrected chi connectivity index (χ3v) is 6.56. The summed E-state index contributed by atoms with van der Waals surface area (Å²) in [6.07, 6.45) is 2.67. The molecule has 1 aromatic heterocycles. The van der Waals surface area contributed by atoms with E-state index in [0.717, 1.165) is 53.7 Å². The van der Waals surface area contributed by atoms with E-state index in [1.54, 1.807) is 18.4 Å². The number of nitrogens with zero attached hydrogens (tertiary/aromatic N) is 3. The van der Waals surface area contributed by atoms with Crippen LogP contribution in [-0.4, -0.2) is 47.9 Å². The van der Waals surface area contributed by atoms with E-state index in [4.69, 9.17) is 4.74 Å². The van der Waals surface area contributed by atoms with Gasteiger partial charge in [-0.25, -0.2) is 4.79 Å². The minimum Gasteiger partial charge on any atom is -0.496 e. The van der Waals surface area contributed by atoms with Crippen molar-refractivity contribution in [3.05, 3.63) is 65.2 Å². The molecule has 1 aliphatic heterocycles. The predicted molar refractivity (Wildman–Crippen MR) is 119 cm³/mol. The first-order valence-corrected chi connectivity index (χ1v) is 11.1. The lowest BCUT2D eigenvalue weighted by Gasteiger charge is -2.31. The maximum absolute atomic E-state index is 12.5. The molecule has 1 N–H and O–H groups in total. The van der Waals surface area contributed by atoms with E-state index in [1.807, 2.05) is 47.4 Å². The number of methoxy groups -OCH3 is 1. The number of rotatable bonds is 6. The van der Waals surface area contributed by atoms with Crippen LogP contribution in [0.4, 0.5) is 4.79 Å². The van der Waals surface area contributed by atoms with Gasteiger partial charge in [-0.3, -0.25) is 0 Å². The highest BCUT2D eigenvalue weighted by Crippen LogP contribution is 2.36. The molecule has 0 spiro atoms. The zero-order chi connectivity index (χ0) is 20.8. The summed E-state index contributed by atoms with van der Waals surface area (Å²) in [5.41, 5.74) is 2.21. The number of hydrogen-bond acceptors (Lipinski definition) is 5. The van der Waals surface area contributed by atoms with Crippen molar-refractivity contribution in [2.75, 3.05) is 26.7 Å². The minimum absolute atomic E-state index is 0.0244. The Bertz CT molecular complexity index is 968. The van der Waals surface area contributed by atoms with E-state index in [9.17, 15) is 4.79 Å². The number of hydrogen-bond donors (Lipinski definition) is 1. The number of carbonyl (C=O) groups is 1. The molecule has 0 bridgehead atoms. The van der Waals surface area contributed by atoms with Crippen LogP contribution in [0, 0.1) is 0 Å². The molecule has 2 aromatic carbocycles. The van der Waals surface area contributed by atoms with E-state index in [2.05, 4.69) is 27.6 Å². The second-order valence-corrected chi connectivity index (χ2v) is 8.38. The van der Waals surface area contributed by atoms with E-state index in [0.29, 0.717) is 12.5 Å². The Balaban J connectivity index is 1.28. The van der Waals surface area contributed by atoms with E-state index < -0.39 is 0 Å². The molecule has 2 amide bonds. The average Bonchev–Trinajstić information content (AvgIpc) is 3.30. The van der Waals surface area contributed by atoms with Crippen LogP contribution in [-0.2, 0) is 6.42 Å². The summed E-state index contributed by atoms with van der Waals surface area (Å²) in [5, 5.41) is 13.8. The van der Waals surface area contributed by atoms with Gasteiger partial charge in [0, 0.05) is 25.6 Å². The topological polar surface area (TPSA) is 67.4 Å². The van der Waals surface area contributed by atoms with Gasteiger partial charge in [0.1, 0.15) is 10.8 Å². The predicted octanol–water partition coefficient (Wildman–Crippen LogP) is 4.35. The highest BCUT2D eigenvalue weighted by Gasteiger charge is 2.26. The van der Waals surface area contributed by atoms with E-state index in [1.165, 1.54) is 5.56 Å². The fraction of sp³-hybridized carbons (Fsp3) is 0.348. The van der Waals surface area contributed by atoms with Crippen molar-refractivity contribution in [1.82, 2.24) is 20.4 Å². The van der Waals surface area contributed by atoms with Gasteiger partial charge >= 0.3 is 6.03 Å². The molecule has 0 atom stereocenters. The molecular formula is C23H26N4O2S. The van der Waals surface area contributed by atoms with Crippen LogP contribution >= 0.6 is 11.3 Å². The summed E-state index contributed by atoms with van der Waals surface area (Å²) in [6.45, 7) is 2.14. The van der Waals surface area contributed by atoms with Crippen molar-refractivity contribution in [3.63, 3.8) is 0 Å². The third kappa shape index (κ3) is 4.79. The number of benzene rings is 2. The summed E-state index contributed by atoms with van der Waals surface area (Å²) >= 11 is 1.62. The summed E-state index contributed by atoms with van der Waals surface area (Å²) in [6, 6.07) is 18.1. The van der Waals surface area contributed by atoms with Gasteiger partial charge in [-0.05, 0) is 37.0 Å². The zero-order valence-corrected chi connectivity index (χ0v) is 17.9. The highest BCUT2D eigenvalue weighted by atomic mass is 32.1. The third-order valence-electron chi connectivity index (χ3n) is 5.44. The van der Waals surface area contributed by atoms with Crippen LogP contribution in [0.5, 0.6) is 5.75 Å². The first-order valence-electron chi connectivity index (χ1n) is 10.3. The monoisotopic (exact) mass is 422 g/mol. The Morgan fingerprint density at radius 1 is 1.10 bits per heavy atom. The Kier molecular flexibility index (Phi) is 6.59. The van der Waals surface area contributed by atoms with Crippen molar-refractivity contribution in [1.29, 1.82) is 0 Å². The molecule has 2 heterocycles. The molecule has 7 heteroatoms. The first kappa shape index (κ1) is 20.3. The Labute approximate surface area is 180 Å². The van der Waals surface area contributed by atoms with Crippen LogP contribution in [0.15, 0.2) is 54.6 Å². The summed E-state index contributed by atoms with van der Waals surface area (Å²) in [7, 11) is 1.67. The first-order chi connectivity index (χ1) is 14.7. The number of ether oxygens (including phenoxy) is 1. The molecule has 1 aliphatic rings. The van der Waals surface area contributed by atoms with Crippen molar-refractivity contribution in [2.24, 2.45) is 0 Å². The molecule has 3 aromatic rings. The smallest absolute Gasteiger partial charge is 0.317 e. The fourth-order valence-corrected chi connectivity index (χ4v) is 4.77. The second kappa shape index (κ2) is 9.71. The quantitative estimate of drug-likeness (QED) is 0.641. The highest BCUT2D eigenvalue weighted by molar-refractivity contribution is 7.14. The summed E-state index contributed by atoms with van der Waals surface area (Å²) in [5.74, 6) is 1.15. The lowest BCUT2D eigenvalue weighted by molar-refractivity contribution is 0.181.